The summed E-state index contributed by atoms with van der Waals surface area (Å²) >= 11 is 0. The van der Waals surface area contributed by atoms with Gasteiger partial charge in [-0.3, -0.25) is 0 Å². The first-order valence-electron chi connectivity index (χ1n) is 9.87. The molecule has 5 nitrogen and oxygen atoms in total. The molecule has 0 spiro atoms. The number of aromatic nitrogens is 5. The summed E-state index contributed by atoms with van der Waals surface area (Å²) < 4.78 is 2.17. The molecule has 5 heteroatoms. The molecule has 0 N–H and O–H groups in total. The monoisotopic (exact) mass is 377 g/mol. The van der Waals surface area contributed by atoms with Crippen LogP contribution in [0, 0.1) is 0 Å². The molecule has 0 unspecified atom stereocenters. The SMILES string of the molecule is CC(C)n1ccnc1-c1cccc(-c2nc(C(C)(C)C)nc(C(C)(C)C)n2)c1. The number of benzene rings is 1. The van der Waals surface area contributed by atoms with Crippen LogP contribution in [0.5, 0.6) is 0 Å². The third-order valence-corrected chi connectivity index (χ3v) is 4.58. The van der Waals surface area contributed by atoms with Gasteiger partial charge in [0.15, 0.2) is 5.82 Å². The van der Waals surface area contributed by atoms with Gasteiger partial charge in [-0.05, 0) is 19.9 Å². The molecule has 0 fully saturated rings. The van der Waals surface area contributed by atoms with Crippen LogP contribution in [0.1, 0.15) is 73.1 Å². The molecule has 3 rings (SSSR count). The Morgan fingerprint density at radius 2 is 1.39 bits per heavy atom. The number of rotatable bonds is 3. The average Bonchev–Trinajstić information content (AvgIpc) is 3.10. The summed E-state index contributed by atoms with van der Waals surface area (Å²) in [5, 5.41) is 0. The summed E-state index contributed by atoms with van der Waals surface area (Å²) in [5.41, 5.74) is 1.74. The number of hydrogen-bond acceptors (Lipinski definition) is 4. The molecule has 2 heterocycles. The fourth-order valence-electron chi connectivity index (χ4n) is 2.93. The van der Waals surface area contributed by atoms with Crippen LogP contribution < -0.4 is 0 Å². The van der Waals surface area contributed by atoms with Crippen LogP contribution in [0.3, 0.4) is 0 Å². The zero-order valence-corrected chi connectivity index (χ0v) is 18.3. The van der Waals surface area contributed by atoms with Crippen LogP contribution in [0.2, 0.25) is 0 Å². The Labute approximate surface area is 168 Å². The molecule has 0 radical (unpaired) electrons. The van der Waals surface area contributed by atoms with Gasteiger partial charge in [-0.2, -0.15) is 0 Å². The zero-order valence-electron chi connectivity index (χ0n) is 18.3. The van der Waals surface area contributed by atoms with Gasteiger partial charge in [0.1, 0.15) is 17.5 Å². The lowest BCUT2D eigenvalue weighted by Gasteiger charge is -2.22. The van der Waals surface area contributed by atoms with E-state index in [1.807, 2.05) is 18.5 Å². The lowest BCUT2D eigenvalue weighted by Crippen LogP contribution is -2.24. The van der Waals surface area contributed by atoms with E-state index in [4.69, 9.17) is 15.0 Å². The van der Waals surface area contributed by atoms with Crippen molar-refractivity contribution in [2.75, 3.05) is 0 Å². The van der Waals surface area contributed by atoms with E-state index in [-0.39, 0.29) is 10.8 Å². The van der Waals surface area contributed by atoms with Gasteiger partial charge in [0.25, 0.3) is 0 Å². The summed E-state index contributed by atoms with van der Waals surface area (Å²) in [6.07, 6.45) is 3.87. The van der Waals surface area contributed by atoms with E-state index in [9.17, 15) is 0 Å². The summed E-state index contributed by atoms with van der Waals surface area (Å²) in [6, 6.07) is 8.65. The molecule has 0 aliphatic heterocycles. The maximum absolute atomic E-state index is 4.82. The van der Waals surface area contributed by atoms with E-state index >= 15 is 0 Å². The second kappa shape index (κ2) is 7.12. The Morgan fingerprint density at radius 3 is 1.93 bits per heavy atom. The summed E-state index contributed by atoms with van der Waals surface area (Å²) in [7, 11) is 0. The highest BCUT2D eigenvalue weighted by molar-refractivity contribution is 5.66. The van der Waals surface area contributed by atoms with Crippen LogP contribution in [0.15, 0.2) is 36.7 Å². The van der Waals surface area contributed by atoms with Crippen molar-refractivity contribution in [2.24, 2.45) is 0 Å². The predicted octanol–water partition coefficient (Wildman–Crippen LogP) is 5.58. The molecular formula is C23H31N5. The maximum Gasteiger partial charge on any atom is 0.163 e. The molecule has 148 valence electrons. The lowest BCUT2D eigenvalue weighted by atomic mass is 9.93. The highest BCUT2D eigenvalue weighted by atomic mass is 15.1. The first-order valence-corrected chi connectivity index (χ1v) is 9.87. The van der Waals surface area contributed by atoms with Crippen LogP contribution in [0.25, 0.3) is 22.8 Å². The van der Waals surface area contributed by atoms with E-state index in [2.05, 4.69) is 83.1 Å². The normalized spacial score (nSPS) is 12.6. The second-order valence-corrected chi connectivity index (χ2v) is 9.64. The number of hydrogen-bond donors (Lipinski definition) is 0. The fourth-order valence-corrected chi connectivity index (χ4v) is 2.93. The zero-order chi connectivity index (χ0) is 20.7. The topological polar surface area (TPSA) is 56.5 Å². The van der Waals surface area contributed by atoms with Crippen molar-refractivity contribution in [3.8, 4) is 22.8 Å². The molecule has 0 atom stereocenters. The standard InChI is InChI=1S/C23H31N5/c1-15(2)28-13-12-24-19(28)17-11-9-10-16(14-17)18-25-20(22(3,4)5)27-21(26-18)23(6,7)8/h9-15H,1-8H3. The summed E-state index contributed by atoms with van der Waals surface area (Å²) in [6.45, 7) is 17.1. The van der Waals surface area contributed by atoms with Crippen LogP contribution in [-0.2, 0) is 10.8 Å². The maximum atomic E-state index is 4.82. The first kappa shape index (κ1) is 20.2. The van der Waals surface area contributed by atoms with Gasteiger partial charge >= 0.3 is 0 Å². The second-order valence-electron chi connectivity index (χ2n) is 9.64. The van der Waals surface area contributed by atoms with Crippen LogP contribution in [-0.4, -0.2) is 24.5 Å². The van der Waals surface area contributed by atoms with Gasteiger partial charge in [0, 0.05) is 40.4 Å². The Hall–Kier alpha value is -2.56. The van der Waals surface area contributed by atoms with Crippen molar-refractivity contribution in [3.63, 3.8) is 0 Å². The Morgan fingerprint density at radius 1 is 0.821 bits per heavy atom. The van der Waals surface area contributed by atoms with Crippen molar-refractivity contribution in [1.82, 2.24) is 24.5 Å². The van der Waals surface area contributed by atoms with Crippen molar-refractivity contribution in [2.45, 2.75) is 72.3 Å². The minimum Gasteiger partial charge on any atom is -0.328 e. The van der Waals surface area contributed by atoms with Gasteiger partial charge in [-0.15, -0.1) is 0 Å². The molecule has 0 aliphatic carbocycles. The summed E-state index contributed by atoms with van der Waals surface area (Å²) in [4.78, 5) is 19.0. The molecule has 0 bridgehead atoms. The molecule has 0 saturated heterocycles. The van der Waals surface area contributed by atoms with Gasteiger partial charge in [0.2, 0.25) is 0 Å². The van der Waals surface area contributed by atoms with Crippen molar-refractivity contribution >= 4 is 0 Å². The molecule has 2 aromatic heterocycles. The highest BCUT2D eigenvalue weighted by Crippen LogP contribution is 2.29. The largest absolute Gasteiger partial charge is 0.328 e. The smallest absolute Gasteiger partial charge is 0.163 e. The highest BCUT2D eigenvalue weighted by Gasteiger charge is 2.25. The van der Waals surface area contributed by atoms with E-state index in [0.717, 1.165) is 28.6 Å². The molecule has 3 aromatic rings. The van der Waals surface area contributed by atoms with Crippen LogP contribution >= 0.6 is 0 Å². The third kappa shape index (κ3) is 4.13. The molecular weight excluding hydrogens is 346 g/mol. The van der Waals surface area contributed by atoms with E-state index < -0.39 is 0 Å². The van der Waals surface area contributed by atoms with E-state index in [0.29, 0.717) is 11.9 Å². The molecule has 1 aromatic carbocycles. The van der Waals surface area contributed by atoms with E-state index in [1.165, 1.54) is 0 Å². The molecule has 28 heavy (non-hydrogen) atoms. The van der Waals surface area contributed by atoms with Gasteiger partial charge in [-0.25, -0.2) is 19.9 Å². The summed E-state index contributed by atoms with van der Waals surface area (Å²) in [5.74, 6) is 3.31. The minimum absolute atomic E-state index is 0.150. The lowest BCUT2D eigenvalue weighted by molar-refractivity contribution is 0.497. The van der Waals surface area contributed by atoms with Crippen molar-refractivity contribution in [1.29, 1.82) is 0 Å². The van der Waals surface area contributed by atoms with Gasteiger partial charge < -0.3 is 4.57 Å². The number of imidazole rings is 1. The van der Waals surface area contributed by atoms with Gasteiger partial charge in [-0.1, -0.05) is 59.7 Å². The van der Waals surface area contributed by atoms with Crippen LogP contribution in [0.4, 0.5) is 0 Å². The first-order chi connectivity index (χ1) is 13.0. The fraction of sp³-hybridized carbons (Fsp3) is 0.478. The molecule has 0 aliphatic rings. The molecule has 0 saturated carbocycles. The minimum atomic E-state index is -0.150. The van der Waals surface area contributed by atoms with Gasteiger partial charge in [0.05, 0.1) is 0 Å². The predicted molar refractivity (Wildman–Crippen MR) is 114 cm³/mol. The average molecular weight is 378 g/mol. The molecule has 0 amide bonds. The Bertz CT molecular complexity index is 939. The third-order valence-electron chi connectivity index (χ3n) is 4.58. The van der Waals surface area contributed by atoms with Crippen molar-refractivity contribution < 1.29 is 0 Å². The van der Waals surface area contributed by atoms with Crippen molar-refractivity contribution in [3.05, 3.63) is 48.3 Å². The quantitative estimate of drug-likeness (QED) is 0.598. The number of nitrogens with zero attached hydrogens (tertiary/aromatic N) is 5. The van der Waals surface area contributed by atoms with E-state index in [1.54, 1.807) is 0 Å². The Balaban J connectivity index is 2.15. The Kier molecular flexibility index (Phi) is 5.13.